The summed E-state index contributed by atoms with van der Waals surface area (Å²) in [6.45, 7) is 5.87. The van der Waals surface area contributed by atoms with Crippen molar-refractivity contribution in [2.24, 2.45) is 0 Å². The molecular weight excluding hydrogens is 338 g/mol. The number of fused-ring (bicyclic) bond motifs is 1. The number of rotatable bonds is 4. The van der Waals surface area contributed by atoms with Gasteiger partial charge in [0, 0.05) is 30.5 Å². The molecule has 3 aromatic rings. The van der Waals surface area contributed by atoms with Gasteiger partial charge in [-0.3, -0.25) is 9.78 Å². The standard InChI is InChI=1S/C21H25N5O/c1-14-20-21(25-15(2)24-20)18(12-22-14)16-8-10-26(11-9-16)19(27)13-23-17-6-4-3-5-7-17/h3-7,12,16,23H,8-11,13H2,1-2H3,(H,24,25). The number of H-pyrrole nitrogens is 1. The molecule has 0 aliphatic carbocycles. The number of benzene rings is 1. The molecule has 0 saturated carbocycles. The Morgan fingerprint density at radius 3 is 2.70 bits per heavy atom. The maximum Gasteiger partial charge on any atom is 0.241 e. The largest absolute Gasteiger partial charge is 0.376 e. The zero-order chi connectivity index (χ0) is 18.8. The van der Waals surface area contributed by atoms with E-state index in [0.717, 1.165) is 54.2 Å². The van der Waals surface area contributed by atoms with E-state index in [0.29, 0.717) is 12.5 Å². The van der Waals surface area contributed by atoms with Gasteiger partial charge < -0.3 is 15.2 Å². The molecule has 1 amide bonds. The molecule has 0 bridgehead atoms. The second kappa shape index (κ2) is 7.39. The molecule has 6 nitrogen and oxygen atoms in total. The predicted octanol–water partition coefficient (Wildman–Crippen LogP) is 3.39. The first kappa shape index (κ1) is 17.5. The summed E-state index contributed by atoms with van der Waals surface area (Å²) in [5, 5.41) is 3.20. The Kier molecular flexibility index (Phi) is 4.79. The molecule has 2 aromatic heterocycles. The van der Waals surface area contributed by atoms with E-state index in [2.05, 4.69) is 20.3 Å². The van der Waals surface area contributed by atoms with Crippen molar-refractivity contribution in [1.29, 1.82) is 0 Å². The van der Waals surface area contributed by atoms with E-state index in [1.165, 1.54) is 5.56 Å². The van der Waals surface area contributed by atoms with Gasteiger partial charge in [0.05, 0.1) is 23.3 Å². The highest BCUT2D eigenvalue weighted by atomic mass is 16.2. The number of pyridine rings is 1. The van der Waals surface area contributed by atoms with Crippen LogP contribution in [0.15, 0.2) is 36.5 Å². The minimum absolute atomic E-state index is 0.153. The van der Waals surface area contributed by atoms with Crippen LogP contribution in [0.5, 0.6) is 0 Å². The summed E-state index contributed by atoms with van der Waals surface area (Å²) in [5.41, 5.74) is 5.23. The molecule has 4 rings (SSSR count). The average Bonchev–Trinajstić information content (AvgIpc) is 3.10. The number of aromatic amines is 1. The quantitative estimate of drug-likeness (QED) is 0.745. The number of carbonyl (C=O) groups is 1. The molecule has 0 unspecified atom stereocenters. The van der Waals surface area contributed by atoms with Crippen molar-refractivity contribution in [3.05, 3.63) is 53.6 Å². The molecule has 1 saturated heterocycles. The fourth-order valence-corrected chi connectivity index (χ4v) is 3.84. The Hall–Kier alpha value is -2.89. The van der Waals surface area contributed by atoms with Crippen molar-refractivity contribution in [3.63, 3.8) is 0 Å². The number of para-hydroxylation sites is 1. The van der Waals surface area contributed by atoms with Gasteiger partial charge in [0.15, 0.2) is 0 Å². The van der Waals surface area contributed by atoms with E-state index in [-0.39, 0.29) is 5.91 Å². The normalized spacial score (nSPS) is 15.3. The van der Waals surface area contributed by atoms with Crippen molar-refractivity contribution in [2.45, 2.75) is 32.6 Å². The van der Waals surface area contributed by atoms with Crippen LogP contribution in [0.2, 0.25) is 0 Å². The lowest BCUT2D eigenvalue weighted by molar-refractivity contribution is -0.130. The van der Waals surface area contributed by atoms with Gasteiger partial charge in [-0.1, -0.05) is 18.2 Å². The van der Waals surface area contributed by atoms with Gasteiger partial charge in [-0.15, -0.1) is 0 Å². The molecule has 0 atom stereocenters. The number of amides is 1. The van der Waals surface area contributed by atoms with Crippen LogP contribution in [0, 0.1) is 13.8 Å². The maximum atomic E-state index is 12.5. The van der Waals surface area contributed by atoms with E-state index in [1.807, 2.05) is 55.3 Å². The summed E-state index contributed by atoms with van der Waals surface area (Å²) >= 11 is 0. The number of likely N-dealkylation sites (tertiary alicyclic amines) is 1. The van der Waals surface area contributed by atoms with Crippen LogP contribution < -0.4 is 5.32 Å². The molecule has 2 N–H and O–H groups in total. The van der Waals surface area contributed by atoms with Gasteiger partial charge in [0.2, 0.25) is 5.91 Å². The van der Waals surface area contributed by atoms with E-state index < -0.39 is 0 Å². The van der Waals surface area contributed by atoms with E-state index in [1.54, 1.807) is 0 Å². The monoisotopic (exact) mass is 363 g/mol. The number of aromatic nitrogens is 3. The van der Waals surface area contributed by atoms with Gasteiger partial charge in [-0.2, -0.15) is 0 Å². The molecule has 0 spiro atoms. The van der Waals surface area contributed by atoms with E-state index in [4.69, 9.17) is 0 Å². The second-order valence-electron chi connectivity index (χ2n) is 7.22. The lowest BCUT2D eigenvalue weighted by Gasteiger charge is -2.32. The number of carbonyl (C=O) groups excluding carboxylic acids is 1. The van der Waals surface area contributed by atoms with Gasteiger partial charge in [-0.05, 0) is 44.7 Å². The Morgan fingerprint density at radius 1 is 1.22 bits per heavy atom. The number of aryl methyl sites for hydroxylation is 2. The molecule has 6 heteroatoms. The molecule has 140 valence electrons. The molecule has 1 aliphatic rings. The SMILES string of the molecule is Cc1nc2c(C3CCN(C(=O)CNc4ccccc4)CC3)cnc(C)c2[nH]1. The zero-order valence-corrected chi connectivity index (χ0v) is 15.8. The van der Waals surface area contributed by atoms with Crippen LogP contribution in [0.3, 0.4) is 0 Å². The first-order valence-corrected chi connectivity index (χ1v) is 9.50. The second-order valence-corrected chi connectivity index (χ2v) is 7.22. The molecule has 3 heterocycles. The van der Waals surface area contributed by atoms with Crippen LogP contribution >= 0.6 is 0 Å². The summed E-state index contributed by atoms with van der Waals surface area (Å²) in [6.07, 6.45) is 3.86. The minimum Gasteiger partial charge on any atom is -0.376 e. The summed E-state index contributed by atoms with van der Waals surface area (Å²) in [7, 11) is 0. The molecule has 27 heavy (non-hydrogen) atoms. The number of nitrogens with one attached hydrogen (secondary N) is 2. The van der Waals surface area contributed by atoms with Crippen molar-refractivity contribution in [1.82, 2.24) is 19.9 Å². The Labute approximate surface area is 159 Å². The fourth-order valence-electron chi connectivity index (χ4n) is 3.84. The van der Waals surface area contributed by atoms with Crippen molar-refractivity contribution < 1.29 is 4.79 Å². The summed E-state index contributed by atoms with van der Waals surface area (Å²) < 4.78 is 0. The molecule has 1 aromatic carbocycles. The lowest BCUT2D eigenvalue weighted by Crippen LogP contribution is -2.41. The van der Waals surface area contributed by atoms with Crippen LogP contribution in [0.4, 0.5) is 5.69 Å². The van der Waals surface area contributed by atoms with Gasteiger partial charge >= 0.3 is 0 Å². The van der Waals surface area contributed by atoms with Gasteiger partial charge in [0.25, 0.3) is 0 Å². The zero-order valence-electron chi connectivity index (χ0n) is 15.8. The highest BCUT2D eigenvalue weighted by Gasteiger charge is 2.26. The molecular formula is C21H25N5O. The number of anilines is 1. The smallest absolute Gasteiger partial charge is 0.241 e. The van der Waals surface area contributed by atoms with Crippen LogP contribution in [-0.2, 0) is 4.79 Å². The van der Waals surface area contributed by atoms with Crippen molar-refractivity contribution >= 4 is 22.6 Å². The molecule has 1 aliphatic heterocycles. The van der Waals surface area contributed by atoms with E-state index in [9.17, 15) is 4.79 Å². The number of nitrogens with zero attached hydrogens (tertiary/aromatic N) is 3. The lowest BCUT2D eigenvalue weighted by atomic mass is 9.89. The summed E-state index contributed by atoms with van der Waals surface area (Å²) in [6, 6.07) is 9.84. The van der Waals surface area contributed by atoms with Crippen molar-refractivity contribution in [3.8, 4) is 0 Å². The predicted molar refractivity (Wildman–Crippen MR) is 107 cm³/mol. The van der Waals surface area contributed by atoms with Crippen molar-refractivity contribution in [2.75, 3.05) is 25.0 Å². The topological polar surface area (TPSA) is 73.9 Å². The number of hydrogen-bond acceptors (Lipinski definition) is 4. The van der Waals surface area contributed by atoms with Gasteiger partial charge in [0.1, 0.15) is 5.82 Å². The minimum atomic E-state index is 0.153. The Morgan fingerprint density at radius 2 is 1.96 bits per heavy atom. The maximum absolute atomic E-state index is 12.5. The third-order valence-electron chi connectivity index (χ3n) is 5.36. The highest BCUT2D eigenvalue weighted by molar-refractivity contribution is 5.82. The van der Waals surface area contributed by atoms with Crippen LogP contribution in [0.1, 0.15) is 35.8 Å². The number of piperidine rings is 1. The average molecular weight is 363 g/mol. The first-order valence-electron chi connectivity index (χ1n) is 9.50. The number of hydrogen-bond donors (Lipinski definition) is 2. The Balaban J connectivity index is 1.39. The first-order chi connectivity index (χ1) is 13.1. The summed E-state index contributed by atoms with van der Waals surface area (Å²) in [5.74, 6) is 1.47. The number of imidazole rings is 1. The molecule has 0 radical (unpaired) electrons. The third kappa shape index (κ3) is 3.65. The Bertz CT molecular complexity index is 942. The van der Waals surface area contributed by atoms with Crippen LogP contribution in [0.25, 0.3) is 11.0 Å². The highest BCUT2D eigenvalue weighted by Crippen LogP contribution is 2.32. The fraction of sp³-hybridized carbons (Fsp3) is 0.381. The van der Waals surface area contributed by atoms with Crippen LogP contribution in [-0.4, -0.2) is 45.4 Å². The molecule has 1 fully saturated rings. The van der Waals surface area contributed by atoms with E-state index >= 15 is 0 Å². The third-order valence-corrected chi connectivity index (χ3v) is 5.36. The van der Waals surface area contributed by atoms with Gasteiger partial charge in [-0.25, -0.2) is 4.98 Å². The summed E-state index contributed by atoms with van der Waals surface area (Å²) in [4.78, 5) is 27.0.